The number of aromatic nitrogens is 3. The van der Waals surface area contributed by atoms with Crippen molar-refractivity contribution in [3.05, 3.63) is 59.7 Å². The molecule has 0 unspecified atom stereocenters. The Hall–Kier alpha value is -3.02. The van der Waals surface area contributed by atoms with Gasteiger partial charge in [0.1, 0.15) is 6.33 Å². The maximum absolute atomic E-state index is 12.9. The Morgan fingerprint density at radius 2 is 1.96 bits per heavy atom. The van der Waals surface area contributed by atoms with Crippen molar-refractivity contribution in [1.82, 2.24) is 19.9 Å². The largest absolute Gasteiger partial charge is 0.481 e. The molecule has 0 saturated carbocycles. The Morgan fingerprint density at radius 3 is 2.84 bits per heavy atom. The van der Waals surface area contributed by atoms with Crippen molar-refractivity contribution in [2.24, 2.45) is 0 Å². The fourth-order valence-corrected chi connectivity index (χ4v) is 3.25. The van der Waals surface area contributed by atoms with Gasteiger partial charge in [-0.3, -0.25) is 9.78 Å². The Kier molecular flexibility index (Phi) is 4.01. The van der Waals surface area contributed by atoms with E-state index < -0.39 is 0 Å². The van der Waals surface area contributed by atoms with Gasteiger partial charge in [-0.15, -0.1) is 0 Å². The summed E-state index contributed by atoms with van der Waals surface area (Å²) in [7, 11) is 1.61. The van der Waals surface area contributed by atoms with Gasteiger partial charge < -0.3 is 9.64 Å². The predicted molar refractivity (Wildman–Crippen MR) is 93.6 cm³/mol. The molecule has 0 N–H and O–H groups in total. The van der Waals surface area contributed by atoms with Gasteiger partial charge >= 0.3 is 0 Å². The zero-order valence-corrected chi connectivity index (χ0v) is 14.0. The average molecular weight is 334 g/mol. The number of hydrogen-bond donors (Lipinski definition) is 0. The van der Waals surface area contributed by atoms with Crippen molar-refractivity contribution in [3.63, 3.8) is 0 Å². The van der Waals surface area contributed by atoms with E-state index in [0.717, 1.165) is 22.2 Å². The van der Waals surface area contributed by atoms with E-state index in [0.29, 0.717) is 37.4 Å². The molecule has 126 valence electrons. The molecule has 1 aromatic carbocycles. The number of methoxy groups -OCH3 is 1. The number of fused-ring (bicyclic) bond motifs is 2. The molecular formula is C19H18N4O2. The number of carbonyl (C=O) groups is 1. The van der Waals surface area contributed by atoms with Gasteiger partial charge in [-0.1, -0.05) is 18.2 Å². The molecule has 0 saturated heterocycles. The second-order valence-corrected chi connectivity index (χ2v) is 6.02. The van der Waals surface area contributed by atoms with Crippen molar-refractivity contribution in [2.75, 3.05) is 20.2 Å². The third-order valence-electron chi connectivity index (χ3n) is 4.56. The van der Waals surface area contributed by atoms with Gasteiger partial charge in [0.2, 0.25) is 5.88 Å². The number of carbonyl (C=O) groups excluding carboxylic acids is 1. The summed E-state index contributed by atoms with van der Waals surface area (Å²) in [4.78, 5) is 27.7. The molecule has 3 heterocycles. The molecule has 2 aromatic heterocycles. The Balaban J connectivity index is 1.59. The summed E-state index contributed by atoms with van der Waals surface area (Å²) >= 11 is 0. The topological polar surface area (TPSA) is 68.2 Å². The molecule has 0 bridgehead atoms. The van der Waals surface area contributed by atoms with E-state index in [1.54, 1.807) is 13.3 Å². The van der Waals surface area contributed by atoms with E-state index in [2.05, 4.69) is 15.0 Å². The lowest BCUT2D eigenvalue weighted by Crippen LogP contribution is -2.33. The summed E-state index contributed by atoms with van der Waals surface area (Å²) in [5, 5.41) is 0.971. The lowest BCUT2D eigenvalue weighted by molar-refractivity contribution is 0.0762. The lowest BCUT2D eigenvalue weighted by Gasteiger charge is -2.20. The van der Waals surface area contributed by atoms with E-state index in [9.17, 15) is 4.79 Å². The van der Waals surface area contributed by atoms with Gasteiger partial charge in [0, 0.05) is 36.7 Å². The van der Waals surface area contributed by atoms with Crippen LogP contribution in [-0.4, -0.2) is 46.0 Å². The summed E-state index contributed by atoms with van der Waals surface area (Å²) in [6.45, 7) is 1.24. The van der Waals surface area contributed by atoms with Gasteiger partial charge in [0.25, 0.3) is 5.91 Å². The number of rotatable bonds is 2. The van der Waals surface area contributed by atoms with E-state index in [1.807, 2.05) is 35.2 Å². The molecule has 1 aliphatic heterocycles. The molecule has 0 fully saturated rings. The van der Waals surface area contributed by atoms with Gasteiger partial charge in [-0.2, -0.15) is 0 Å². The zero-order valence-electron chi connectivity index (χ0n) is 14.0. The normalized spacial score (nSPS) is 14.0. The standard InChI is InChI=1S/C19H18N4O2/c1-25-18-15-6-8-23(9-7-17(15)21-12-22-18)19(24)14-10-13-4-2-3-5-16(13)20-11-14/h2-5,10-12H,6-9H2,1H3. The van der Waals surface area contributed by atoms with Crippen molar-refractivity contribution < 1.29 is 9.53 Å². The fraction of sp³-hybridized carbons (Fsp3) is 0.263. The molecule has 3 aromatic rings. The first-order valence-electron chi connectivity index (χ1n) is 8.27. The molecular weight excluding hydrogens is 316 g/mol. The maximum Gasteiger partial charge on any atom is 0.255 e. The van der Waals surface area contributed by atoms with Crippen LogP contribution in [0.1, 0.15) is 21.6 Å². The molecule has 6 nitrogen and oxygen atoms in total. The Labute approximate surface area is 145 Å². The molecule has 0 atom stereocenters. The SMILES string of the molecule is COc1ncnc2c1CCN(C(=O)c1cnc3ccccc3c1)CC2. The first kappa shape index (κ1) is 15.5. The van der Waals surface area contributed by atoms with Crippen molar-refractivity contribution in [3.8, 4) is 5.88 Å². The minimum absolute atomic E-state index is 0.00187. The predicted octanol–water partition coefficient (Wildman–Crippen LogP) is 2.27. The highest BCUT2D eigenvalue weighted by Gasteiger charge is 2.23. The summed E-state index contributed by atoms with van der Waals surface area (Å²) in [6, 6.07) is 9.71. The van der Waals surface area contributed by atoms with Crippen LogP contribution in [0.2, 0.25) is 0 Å². The van der Waals surface area contributed by atoms with Gasteiger partial charge in [0.05, 0.1) is 23.9 Å². The van der Waals surface area contributed by atoms with Crippen LogP contribution in [-0.2, 0) is 12.8 Å². The third kappa shape index (κ3) is 2.91. The number of nitrogens with zero attached hydrogens (tertiary/aromatic N) is 4. The van der Waals surface area contributed by atoms with Crippen molar-refractivity contribution in [2.45, 2.75) is 12.8 Å². The first-order chi connectivity index (χ1) is 12.3. The molecule has 1 amide bonds. The molecule has 4 rings (SSSR count). The van der Waals surface area contributed by atoms with E-state index in [4.69, 9.17) is 4.74 Å². The highest BCUT2D eigenvalue weighted by atomic mass is 16.5. The smallest absolute Gasteiger partial charge is 0.255 e. The molecule has 6 heteroatoms. The van der Waals surface area contributed by atoms with E-state index in [-0.39, 0.29) is 5.91 Å². The summed E-state index contributed by atoms with van der Waals surface area (Å²) < 4.78 is 5.33. The third-order valence-corrected chi connectivity index (χ3v) is 4.56. The number of amides is 1. The molecule has 0 aliphatic carbocycles. The number of para-hydroxylation sites is 1. The van der Waals surface area contributed by atoms with Crippen LogP contribution in [0.25, 0.3) is 10.9 Å². The maximum atomic E-state index is 12.9. The Bertz CT molecular complexity index is 942. The number of pyridine rings is 1. The van der Waals surface area contributed by atoms with Crippen LogP contribution in [0, 0.1) is 0 Å². The highest BCUT2D eigenvalue weighted by Crippen LogP contribution is 2.23. The number of benzene rings is 1. The van der Waals surface area contributed by atoms with Crippen LogP contribution < -0.4 is 4.74 Å². The highest BCUT2D eigenvalue weighted by molar-refractivity contribution is 5.97. The van der Waals surface area contributed by atoms with E-state index in [1.165, 1.54) is 6.33 Å². The van der Waals surface area contributed by atoms with Crippen LogP contribution in [0.5, 0.6) is 5.88 Å². The zero-order chi connectivity index (χ0) is 17.2. The molecule has 1 aliphatic rings. The number of hydrogen-bond acceptors (Lipinski definition) is 5. The minimum atomic E-state index is -0.00187. The average Bonchev–Trinajstić information content (AvgIpc) is 2.89. The minimum Gasteiger partial charge on any atom is -0.481 e. The Morgan fingerprint density at radius 1 is 1.12 bits per heavy atom. The monoisotopic (exact) mass is 334 g/mol. The van der Waals surface area contributed by atoms with Crippen LogP contribution >= 0.6 is 0 Å². The fourth-order valence-electron chi connectivity index (χ4n) is 3.25. The summed E-state index contributed by atoms with van der Waals surface area (Å²) in [5.41, 5.74) is 3.46. The number of ether oxygens (including phenoxy) is 1. The van der Waals surface area contributed by atoms with Gasteiger partial charge in [0.15, 0.2) is 0 Å². The lowest BCUT2D eigenvalue weighted by atomic mass is 10.1. The van der Waals surface area contributed by atoms with Crippen molar-refractivity contribution in [1.29, 1.82) is 0 Å². The van der Waals surface area contributed by atoms with Crippen molar-refractivity contribution >= 4 is 16.8 Å². The molecule has 25 heavy (non-hydrogen) atoms. The summed E-state index contributed by atoms with van der Waals surface area (Å²) in [6.07, 6.45) is 4.55. The second kappa shape index (κ2) is 6.47. The summed E-state index contributed by atoms with van der Waals surface area (Å²) in [5.74, 6) is 0.602. The van der Waals surface area contributed by atoms with Gasteiger partial charge in [-0.25, -0.2) is 9.97 Å². The quantitative estimate of drug-likeness (QED) is 0.719. The van der Waals surface area contributed by atoms with Crippen LogP contribution in [0.15, 0.2) is 42.9 Å². The molecule has 0 spiro atoms. The van der Waals surface area contributed by atoms with E-state index >= 15 is 0 Å². The van der Waals surface area contributed by atoms with Crippen LogP contribution in [0.4, 0.5) is 0 Å². The first-order valence-corrected chi connectivity index (χ1v) is 8.27. The second-order valence-electron chi connectivity index (χ2n) is 6.02. The molecule has 0 radical (unpaired) electrons. The van der Waals surface area contributed by atoms with Gasteiger partial charge in [-0.05, 0) is 18.6 Å². The van der Waals surface area contributed by atoms with Crippen LogP contribution in [0.3, 0.4) is 0 Å².